The van der Waals surface area contributed by atoms with E-state index in [0.29, 0.717) is 6.71 Å². The summed E-state index contributed by atoms with van der Waals surface area (Å²) in [5.74, 6) is 0. The Morgan fingerprint density at radius 1 is 0.647 bits per heavy atom. The van der Waals surface area contributed by atoms with Gasteiger partial charge in [0.25, 0.3) is 0 Å². The van der Waals surface area contributed by atoms with Crippen molar-refractivity contribution in [3.05, 3.63) is 89.5 Å². The maximum Gasteiger partial charge on any atom is 0.247 e. The van der Waals surface area contributed by atoms with E-state index >= 15 is 0 Å². The van der Waals surface area contributed by atoms with E-state index in [1.807, 2.05) is 23.5 Å². The Hall–Kier alpha value is -2.36. The van der Waals surface area contributed by atoms with Crippen LogP contribution in [0.1, 0.15) is 51.3 Å². The molecule has 1 aliphatic carbocycles. The van der Waals surface area contributed by atoms with E-state index < -0.39 is 0 Å². The lowest BCUT2D eigenvalue weighted by atomic mass is 9.36. The van der Waals surface area contributed by atoms with Crippen molar-refractivity contribution in [1.29, 1.82) is 0 Å². The van der Waals surface area contributed by atoms with Gasteiger partial charge in [-0.15, -0.1) is 0 Å². The molecule has 3 aliphatic rings. The van der Waals surface area contributed by atoms with Gasteiger partial charge in [-0.05, 0) is 63.0 Å². The van der Waals surface area contributed by atoms with Crippen LogP contribution in [0.5, 0.6) is 0 Å². The second-order valence-corrected chi connectivity index (χ2v) is 13.6. The molecule has 7 rings (SSSR count). The Balaban J connectivity index is 1.53. The predicted octanol–water partition coefficient (Wildman–Crippen LogP) is 6.74. The normalized spacial score (nSPS) is 16.3. The van der Waals surface area contributed by atoms with Crippen molar-refractivity contribution in [2.24, 2.45) is 0 Å². The van der Waals surface area contributed by atoms with Gasteiger partial charge in [0.15, 0.2) is 0 Å². The molecular formula is C31H27BS2. The molecule has 0 atom stereocenters. The van der Waals surface area contributed by atoms with Gasteiger partial charge >= 0.3 is 0 Å². The van der Waals surface area contributed by atoms with Gasteiger partial charge in [-0.1, -0.05) is 118 Å². The Bertz CT molecular complexity index is 1520. The van der Waals surface area contributed by atoms with E-state index in [4.69, 9.17) is 0 Å². The Kier molecular flexibility index (Phi) is 4.23. The lowest BCUT2D eigenvalue weighted by Gasteiger charge is -2.35. The number of hydrogen-bond donors (Lipinski definition) is 0. The van der Waals surface area contributed by atoms with Crippen molar-refractivity contribution >= 4 is 46.6 Å². The molecule has 0 nitrogen and oxygen atoms in total. The number of fused-ring (bicyclic) bond motifs is 7. The minimum atomic E-state index is 0.0283. The smallest absolute Gasteiger partial charge is 0.0911 e. The molecule has 0 fully saturated rings. The maximum atomic E-state index is 2.53. The van der Waals surface area contributed by atoms with Crippen LogP contribution in [0.4, 0.5) is 0 Å². The third-order valence-corrected chi connectivity index (χ3v) is 10.2. The van der Waals surface area contributed by atoms with Gasteiger partial charge in [0.2, 0.25) is 6.71 Å². The summed E-state index contributed by atoms with van der Waals surface area (Å²) in [4.78, 5) is 5.70. The minimum absolute atomic E-state index is 0.0283. The van der Waals surface area contributed by atoms with Crippen LogP contribution in [0, 0.1) is 0 Å². The second-order valence-electron chi connectivity index (χ2n) is 11.4. The molecule has 166 valence electrons. The van der Waals surface area contributed by atoms with E-state index in [1.165, 1.54) is 63.8 Å². The predicted molar refractivity (Wildman–Crippen MR) is 148 cm³/mol. The molecule has 0 bridgehead atoms. The van der Waals surface area contributed by atoms with Crippen LogP contribution in [0.15, 0.2) is 92.4 Å². The molecule has 34 heavy (non-hydrogen) atoms. The molecule has 4 aromatic carbocycles. The van der Waals surface area contributed by atoms with Crippen molar-refractivity contribution < 1.29 is 0 Å². The van der Waals surface area contributed by atoms with Gasteiger partial charge in [-0.25, -0.2) is 0 Å². The van der Waals surface area contributed by atoms with Crippen molar-refractivity contribution in [1.82, 2.24) is 0 Å². The number of hydrogen-bond acceptors (Lipinski definition) is 2. The summed E-state index contributed by atoms with van der Waals surface area (Å²) in [6, 6.07) is 28.0. The zero-order valence-electron chi connectivity index (χ0n) is 20.3. The molecule has 0 saturated carbocycles. The quantitative estimate of drug-likeness (QED) is 0.224. The average Bonchev–Trinajstić information content (AvgIpc) is 3.03. The summed E-state index contributed by atoms with van der Waals surface area (Å²) >= 11 is 3.94. The van der Waals surface area contributed by atoms with Crippen LogP contribution < -0.4 is 16.4 Å². The molecule has 0 N–H and O–H groups in total. The zero-order valence-corrected chi connectivity index (χ0v) is 22.0. The zero-order chi connectivity index (χ0) is 23.4. The van der Waals surface area contributed by atoms with Crippen molar-refractivity contribution in [2.45, 2.75) is 65.0 Å². The van der Waals surface area contributed by atoms with Crippen molar-refractivity contribution in [3.8, 4) is 11.1 Å². The van der Waals surface area contributed by atoms with Gasteiger partial charge in [-0.3, -0.25) is 0 Å². The summed E-state index contributed by atoms with van der Waals surface area (Å²) in [7, 11) is 0. The fourth-order valence-electron chi connectivity index (χ4n) is 6.07. The highest BCUT2D eigenvalue weighted by Gasteiger charge is 2.42. The summed E-state index contributed by atoms with van der Waals surface area (Å²) in [5, 5.41) is 0. The first-order valence-corrected chi connectivity index (χ1v) is 13.8. The molecule has 0 aromatic heterocycles. The van der Waals surface area contributed by atoms with Crippen molar-refractivity contribution in [2.75, 3.05) is 0 Å². The first-order valence-electron chi connectivity index (χ1n) is 12.1. The summed E-state index contributed by atoms with van der Waals surface area (Å²) in [6.07, 6.45) is 0. The molecule has 0 radical (unpaired) electrons. The Morgan fingerprint density at radius 3 is 2.09 bits per heavy atom. The lowest BCUT2D eigenvalue weighted by Crippen LogP contribution is -2.58. The van der Waals surface area contributed by atoms with Gasteiger partial charge in [0.1, 0.15) is 0 Å². The molecule has 4 aromatic rings. The second kappa shape index (κ2) is 6.86. The standard InChI is InChI=1S/C31H27BS2/c1-30(2,3)18-14-27-29-28(15-18)34-26-17-22-20(19-10-6-7-11-21(19)31(22,4)5)16-24(26)32(29)23-12-8-9-13-25(23)33-27/h6-17H,1-5H3. The molecule has 0 amide bonds. The molecule has 0 saturated heterocycles. The average molecular weight is 475 g/mol. The maximum absolute atomic E-state index is 2.53. The van der Waals surface area contributed by atoms with Crippen LogP contribution in [0.2, 0.25) is 0 Å². The van der Waals surface area contributed by atoms with Gasteiger partial charge in [0, 0.05) is 25.0 Å². The van der Waals surface area contributed by atoms with E-state index in [1.54, 1.807) is 0 Å². The van der Waals surface area contributed by atoms with Crippen molar-refractivity contribution in [3.63, 3.8) is 0 Å². The monoisotopic (exact) mass is 474 g/mol. The fourth-order valence-corrected chi connectivity index (χ4v) is 8.58. The summed E-state index contributed by atoms with van der Waals surface area (Å²) in [5.41, 5.74) is 11.8. The van der Waals surface area contributed by atoms with E-state index in [0.717, 1.165) is 0 Å². The lowest BCUT2D eigenvalue weighted by molar-refractivity contribution is 0.587. The van der Waals surface area contributed by atoms with Crippen LogP contribution in [-0.4, -0.2) is 6.71 Å². The van der Waals surface area contributed by atoms with Crippen LogP contribution in [0.25, 0.3) is 11.1 Å². The van der Waals surface area contributed by atoms with Crippen LogP contribution >= 0.6 is 23.5 Å². The topological polar surface area (TPSA) is 0 Å². The largest absolute Gasteiger partial charge is 0.247 e. The third kappa shape index (κ3) is 2.77. The number of rotatable bonds is 0. The van der Waals surface area contributed by atoms with Crippen LogP contribution in [0.3, 0.4) is 0 Å². The molecule has 0 spiro atoms. The first kappa shape index (κ1) is 21.0. The molecule has 3 heteroatoms. The van der Waals surface area contributed by atoms with Crippen LogP contribution in [-0.2, 0) is 10.8 Å². The molecular weight excluding hydrogens is 447 g/mol. The molecule has 2 heterocycles. The Labute approximate surface area is 211 Å². The Morgan fingerprint density at radius 2 is 1.32 bits per heavy atom. The highest BCUT2D eigenvalue weighted by atomic mass is 32.2. The fraction of sp³-hybridized carbons (Fsp3) is 0.226. The summed E-state index contributed by atoms with van der Waals surface area (Å²) in [6.45, 7) is 12.0. The van der Waals surface area contributed by atoms with E-state index in [2.05, 4.69) is 107 Å². The SMILES string of the molecule is CC(C)(C)c1cc2c3c(c1)Sc1cc4c(cc1B3c1ccccc1S2)-c1ccccc1C4(C)C. The first-order chi connectivity index (χ1) is 16.2. The van der Waals surface area contributed by atoms with E-state index in [-0.39, 0.29) is 10.8 Å². The van der Waals surface area contributed by atoms with E-state index in [9.17, 15) is 0 Å². The number of benzene rings is 4. The minimum Gasteiger partial charge on any atom is -0.0911 e. The summed E-state index contributed by atoms with van der Waals surface area (Å²) < 4.78 is 0. The van der Waals surface area contributed by atoms with Gasteiger partial charge in [-0.2, -0.15) is 0 Å². The van der Waals surface area contributed by atoms with Gasteiger partial charge < -0.3 is 0 Å². The molecule has 0 unspecified atom stereocenters. The van der Waals surface area contributed by atoms with Gasteiger partial charge in [0.05, 0.1) is 0 Å². The third-order valence-electron chi connectivity index (χ3n) is 7.95. The highest BCUT2D eigenvalue weighted by Crippen LogP contribution is 2.50. The highest BCUT2D eigenvalue weighted by molar-refractivity contribution is 8.01. The molecule has 2 aliphatic heterocycles.